The third-order valence-corrected chi connectivity index (χ3v) is 4.80. The van der Waals surface area contributed by atoms with Crippen LogP contribution in [-0.4, -0.2) is 23.3 Å². The third kappa shape index (κ3) is 3.73. The zero-order valence-electron chi connectivity index (χ0n) is 14.9. The normalized spacial score (nSPS) is 18.3. The quantitative estimate of drug-likeness (QED) is 0.629. The summed E-state index contributed by atoms with van der Waals surface area (Å²) < 4.78 is 5.57. The number of likely N-dealkylation sites (tertiary alicyclic amines) is 1. The van der Waals surface area contributed by atoms with Gasteiger partial charge in [-0.25, -0.2) is 0 Å². The lowest BCUT2D eigenvalue weighted by Gasteiger charge is -2.25. The molecule has 4 nitrogen and oxygen atoms in total. The van der Waals surface area contributed by atoms with Gasteiger partial charge in [0.25, 0.3) is 0 Å². The summed E-state index contributed by atoms with van der Waals surface area (Å²) >= 11 is 0. The summed E-state index contributed by atoms with van der Waals surface area (Å²) in [5, 5.41) is 0. The molecule has 0 radical (unpaired) electrons. The van der Waals surface area contributed by atoms with E-state index in [1.165, 1.54) is 0 Å². The van der Waals surface area contributed by atoms with Crippen LogP contribution in [0.3, 0.4) is 0 Å². The maximum Gasteiger partial charge on any atom is 0.316 e. The predicted octanol–water partition coefficient (Wildman–Crippen LogP) is 3.82. The summed E-state index contributed by atoms with van der Waals surface area (Å²) in [7, 11) is 0. The van der Waals surface area contributed by atoms with Crippen molar-refractivity contribution in [1.82, 2.24) is 4.90 Å². The van der Waals surface area contributed by atoms with E-state index in [1.54, 1.807) is 4.90 Å². The first-order valence-corrected chi connectivity index (χ1v) is 8.59. The van der Waals surface area contributed by atoms with E-state index < -0.39 is 5.92 Å². The van der Waals surface area contributed by atoms with Crippen LogP contribution in [-0.2, 0) is 9.59 Å². The van der Waals surface area contributed by atoms with Gasteiger partial charge in [0.15, 0.2) is 0 Å². The number of rotatable bonds is 4. The molecule has 2 aromatic carbocycles. The number of hydrogen-bond acceptors (Lipinski definition) is 3. The van der Waals surface area contributed by atoms with Gasteiger partial charge in [0.1, 0.15) is 5.75 Å². The highest BCUT2D eigenvalue weighted by atomic mass is 16.5. The Hall–Kier alpha value is -2.62. The second-order valence-corrected chi connectivity index (χ2v) is 6.72. The van der Waals surface area contributed by atoms with Gasteiger partial charge in [-0.3, -0.25) is 9.59 Å². The molecule has 1 saturated heterocycles. The topological polar surface area (TPSA) is 46.6 Å². The van der Waals surface area contributed by atoms with Gasteiger partial charge in [0.05, 0.1) is 12.0 Å². The van der Waals surface area contributed by atoms with Crippen LogP contribution in [0.4, 0.5) is 0 Å². The Balaban J connectivity index is 1.69. The average Bonchev–Trinajstić information content (AvgIpc) is 3.00. The van der Waals surface area contributed by atoms with Crippen LogP contribution < -0.4 is 4.74 Å². The van der Waals surface area contributed by atoms with Crippen molar-refractivity contribution in [2.45, 2.75) is 33.2 Å². The molecule has 1 amide bonds. The molecular weight excluding hydrogens is 314 g/mol. The Morgan fingerprint density at radius 1 is 1.16 bits per heavy atom. The van der Waals surface area contributed by atoms with Crippen LogP contribution in [0.1, 0.15) is 36.1 Å². The van der Waals surface area contributed by atoms with Gasteiger partial charge < -0.3 is 9.64 Å². The fourth-order valence-corrected chi connectivity index (χ4v) is 3.18. The van der Waals surface area contributed by atoms with Gasteiger partial charge in [-0.15, -0.1) is 0 Å². The molecule has 0 unspecified atom stereocenters. The Morgan fingerprint density at radius 3 is 2.60 bits per heavy atom. The minimum absolute atomic E-state index is 0.000678. The van der Waals surface area contributed by atoms with Crippen molar-refractivity contribution in [2.75, 3.05) is 6.54 Å². The standard InChI is InChI=1S/C21H23NO3/c1-14-9-10-15(2)19(11-14)25-21(24)18-12-20(23)22(13-18)16(3)17-7-5-4-6-8-17/h4-11,16,18H,12-13H2,1-3H3/t16-,18+/m1/s1. The molecule has 0 aliphatic carbocycles. The number of ether oxygens (including phenoxy) is 1. The Bertz CT molecular complexity index is 785. The molecule has 1 heterocycles. The van der Waals surface area contributed by atoms with E-state index in [0.717, 1.165) is 16.7 Å². The van der Waals surface area contributed by atoms with Gasteiger partial charge in [-0.2, -0.15) is 0 Å². The number of esters is 1. The first kappa shape index (κ1) is 17.2. The molecule has 0 N–H and O–H groups in total. The molecule has 4 heteroatoms. The fraction of sp³-hybridized carbons (Fsp3) is 0.333. The van der Waals surface area contributed by atoms with Gasteiger partial charge in [0, 0.05) is 13.0 Å². The monoisotopic (exact) mass is 337 g/mol. The zero-order chi connectivity index (χ0) is 18.0. The van der Waals surface area contributed by atoms with Crippen LogP contribution in [0.25, 0.3) is 0 Å². The minimum Gasteiger partial charge on any atom is -0.426 e. The molecule has 0 aromatic heterocycles. The molecular formula is C21H23NO3. The molecule has 2 atom stereocenters. The summed E-state index contributed by atoms with van der Waals surface area (Å²) in [6.45, 7) is 6.26. The highest BCUT2D eigenvalue weighted by Gasteiger charge is 2.38. The van der Waals surface area contributed by atoms with Crippen LogP contribution in [0, 0.1) is 19.8 Å². The Labute approximate surface area is 148 Å². The lowest BCUT2D eigenvalue weighted by Crippen LogP contribution is -2.30. The Kier molecular flexibility index (Phi) is 4.88. The smallest absolute Gasteiger partial charge is 0.316 e. The lowest BCUT2D eigenvalue weighted by molar-refractivity contribution is -0.139. The Morgan fingerprint density at radius 2 is 1.88 bits per heavy atom. The second-order valence-electron chi connectivity index (χ2n) is 6.72. The SMILES string of the molecule is Cc1ccc(C)c(OC(=O)[C@H]2CC(=O)N([C@H](C)c3ccccc3)C2)c1. The first-order valence-electron chi connectivity index (χ1n) is 8.59. The van der Waals surface area contributed by atoms with Crippen LogP contribution in [0.5, 0.6) is 5.75 Å². The van der Waals surface area contributed by atoms with Crippen molar-refractivity contribution < 1.29 is 14.3 Å². The van der Waals surface area contributed by atoms with E-state index in [0.29, 0.717) is 12.3 Å². The summed E-state index contributed by atoms with van der Waals surface area (Å²) in [5.74, 6) is -0.172. The van der Waals surface area contributed by atoms with Crippen molar-refractivity contribution in [1.29, 1.82) is 0 Å². The van der Waals surface area contributed by atoms with Crippen molar-refractivity contribution in [3.05, 3.63) is 65.2 Å². The number of hydrogen-bond donors (Lipinski definition) is 0. The third-order valence-electron chi connectivity index (χ3n) is 4.80. The summed E-state index contributed by atoms with van der Waals surface area (Å²) in [6, 6.07) is 15.6. The fourth-order valence-electron chi connectivity index (χ4n) is 3.18. The van der Waals surface area contributed by atoms with E-state index in [1.807, 2.05) is 69.3 Å². The average molecular weight is 337 g/mol. The number of nitrogens with zero attached hydrogens (tertiary/aromatic N) is 1. The van der Waals surface area contributed by atoms with Crippen LogP contribution in [0.2, 0.25) is 0 Å². The maximum atomic E-state index is 12.5. The number of amides is 1. The number of carbonyl (C=O) groups is 2. The molecule has 0 bridgehead atoms. The van der Waals surface area contributed by atoms with Crippen LogP contribution in [0.15, 0.2) is 48.5 Å². The molecule has 1 fully saturated rings. The number of carbonyl (C=O) groups excluding carboxylic acids is 2. The predicted molar refractivity (Wildman–Crippen MR) is 96.2 cm³/mol. The molecule has 0 spiro atoms. The van der Waals surface area contributed by atoms with Crippen molar-refractivity contribution in [3.63, 3.8) is 0 Å². The molecule has 25 heavy (non-hydrogen) atoms. The summed E-state index contributed by atoms with van der Waals surface area (Å²) in [4.78, 5) is 26.7. The largest absolute Gasteiger partial charge is 0.426 e. The summed E-state index contributed by atoms with van der Waals surface area (Å²) in [5.41, 5.74) is 3.02. The molecule has 3 rings (SSSR count). The highest BCUT2D eigenvalue weighted by Crippen LogP contribution is 2.30. The lowest BCUT2D eigenvalue weighted by atomic mass is 10.1. The van der Waals surface area contributed by atoms with Gasteiger partial charge in [-0.1, -0.05) is 42.5 Å². The zero-order valence-corrected chi connectivity index (χ0v) is 14.9. The van der Waals surface area contributed by atoms with Gasteiger partial charge >= 0.3 is 5.97 Å². The maximum absolute atomic E-state index is 12.5. The van der Waals surface area contributed by atoms with E-state index in [2.05, 4.69) is 0 Å². The molecule has 1 aliphatic rings. The molecule has 1 aliphatic heterocycles. The molecule has 2 aromatic rings. The van der Waals surface area contributed by atoms with Crippen LogP contribution >= 0.6 is 0 Å². The van der Waals surface area contributed by atoms with E-state index in [9.17, 15) is 9.59 Å². The van der Waals surface area contributed by atoms with E-state index in [-0.39, 0.29) is 24.3 Å². The van der Waals surface area contributed by atoms with Crippen molar-refractivity contribution in [3.8, 4) is 5.75 Å². The molecule has 130 valence electrons. The van der Waals surface area contributed by atoms with E-state index >= 15 is 0 Å². The number of aryl methyl sites for hydroxylation is 2. The first-order chi connectivity index (χ1) is 12.0. The second kappa shape index (κ2) is 7.09. The van der Waals surface area contributed by atoms with E-state index in [4.69, 9.17) is 4.74 Å². The number of benzene rings is 2. The van der Waals surface area contributed by atoms with Gasteiger partial charge in [0.2, 0.25) is 5.91 Å². The highest BCUT2D eigenvalue weighted by molar-refractivity contribution is 5.88. The van der Waals surface area contributed by atoms with Crippen molar-refractivity contribution >= 4 is 11.9 Å². The molecule has 0 saturated carbocycles. The minimum atomic E-state index is -0.418. The van der Waals surface area contributed by atoms with Gasteiger partial charge in [-0.05, 0) is 43.5 Å². The van der Waals surface area contributed by atoms with Crippen molar-refractivity contribution in [2.24, 2.45) is 5.92 Å². The summed E-state index contributed by atoms with van der Waals surface area (Å²) in [6.07, 6.45) is 0.209.